The molecule has 0 aromatic carbocycles. The third-order valence-corrected chi connectivity index (χ3v) is 2.87. The van der Waals surface area contributed by atoms with Crippen molar-refractivity contribution in [3.05, 3.63) is 30.6 Å². The van der Waals surface area contributed by atoms with Gasteiger partial charge in [0.2, 0.25) is 0 Å². The minimum Gasteiger partial charge on any atom is -0.472 e. The van der Waals surface area contributed by atoms with Crippen molar-refractivity contribution in [3.63, 3.8) is 0 Å². The summed E-state index contributed by atoms with van der Waals surface area (Å²) in [5, 5.41) is 3.34. The molecule has 2 N–H and O–H groups in total. The molecule has 0 amide bonds. The van der Waals surface area contributed by atoms with E-state index in [9.17, 15) is 0 Å². The zero-order valence-electron chi connectivity index (χ0n) is 8.36. The third kappa shape index (κ3) is 1.57. The number of aromatic nitrogens is 2. The number of hydrogen-bond acceptors (Lipinski definition) is 3. The molecule has 4 heteroatoms. The van der Waals surface area contributed by atoms with Gasteiger partial charge < -0.3 is 14.7 Å². The normalized spacial score (nSPS) is 20.9. The first-order chi connectivity index (χ1) is 7.43. The molecular weight excluding hydrogens is 190 g/mol. The molecule has 1 fully saturated rings. The van der Waals surface area contributed by atoms with Crippen molar-refractivity contribution in [3.8, 4) is 11.3 Å². The predicted molar refractivity (Wildman–Crippen MR) is 56.5 cm³/mol. The first-order valence-electron chi connectivity index (χ1n) is 5.21. The van der Waals surface area contributed by atoms with Gasteiger partial charge in [0.15, 0.2) is 0 Å². The average molecular weight is 203 g/mol. The molecular formula is C11H13N3O. The smallest absolute Gasteiger partial charge is 0.110 e. The van der Waals surface area contributed by atoms with Crippen LogP contribution in [0.2, 0.25) is 0 Å². The number of rotatable bonds is 2. The molecule has 1 unspecified atom stereocenters. The van der Waals surface area contributed by atoms with Crippen molar-refractivity contribution in [2.75, 3.05) is 13.1 Å². The highest BCUT2D eigenvalue weighted by Crippen LogP contribution is 2.23. The topological polar surface area (TPSA) is 53.9 Å². The summed E-state index contributed by atoms with van der Waals surface area (Å²) < 4.78 is 5.04. The molecule has 1 saturated heterocycles. The van der Waals surface area contributed by atoms with Gasteiger partial charge in [-0.1, -0.05) is 0 Å². The van der Waals surface area contributed by atoms with Gasteiger partial charge in [-0.15, -0.1) is 0 Å². The van der Waals surface area contributed by atoms with Gasteiger partial charge in [-0.3, -0.25) is 0 Å². The van der Waals surface area contributed by atoms with E-state index in [1.165, 1.54) is 6.42 Å². The lowest BCUT2D eigenvalue weighted by Gasteiger charge is -2.02. The minimum atomic E-state index is 0.533. The Morgan fingerprint density at radius 1 is 1.47 bits per heavy atom. The molecule has 1 aliphatic heterocycles. The average Bonchev–Trinajstić information content (AvgIpc) is 3.02. The number of imidazole rings is 1. The fourth-order valence-corrected chi connectivity index (χ4v) is 2.00. The molecule has 4 nitrogen and oxygen atoms in total. The van der Waals surface area contributed by atoms with Gasteiger partial charge in [0.05, 0.1) is 24.4 Å². The largest absolute Gasteiger partial charge is 0.472 e. The Morgan fingerprint density at radius 2 is 2.47 bits per heavy atom. The summed E-state index contributed by atoms with van der Waals surface area (Å²) >= 11 is 0. The maximum Gasteiger partial charge on any atom is 0.110 e. The first kappa shape index (κ1) is 8.73. The van der Waals surface area contributed by atoms with Crippen LogP contribution in [-0.4, -0.2) is 23.1 Å². The molecule has 0 aliphatic carbocycles. The fourth-order valence-electron chi connectivity index (χ4n) is 2.00. The van der Waals surface area contributed by atoms with Crippen LogP contribution in [0.1, 0.15) is 18.2 Å². The molecule has 0 bridgehead atoms. The van der Waals surface area contributed by atoms with E-state index in [2.05, 4.69) is 15.3 Å². The van der Waals surface area contributed by atoms with Crippen LogP contribution in [0.15, 0.2) is 29.2 Å². The standard InChI is InChI=1S/C11H13N3O/c1-3-12-5-8(1)11-13-6-10(14-11)9-2-4-15-7-9/h2,4,6-8,12H,1,3,5H2,(H,13,14). The molecule has 0 saturated carbocycles. The predicted octanol–water partition coefficient (Wildman–Crippen LogP) is 1.75. The van der Waals surface area contributed by atoms with Crippen LogP contribution >= 0.6 is 0 Å². The highest BCUT2D eigenvalue weighted by Gasteiger charge is 2.19. The van der Waals surface area contributed by atoms with Crippen LogP contribution < -0.4 is 5.32 Å². The Balaban J connectivity index is 1.87. The lowest BCUT2D eigenvalue weighted by Crippen LogP contribution is -2.08. The second-order valence-electron chi connectivity index (χ2n) is 3.88. The van der Waals surface area contributed by atoms with E-state index in [0.29, 0.717) is 5.92 Å². The lowest BCUT2D eigenvalue weighted by atomic mass is 10.1. The van der Waals surface area contributed by atoms with Gasteiger partial charge in [0.1, 0.15) is 5.82 Å². The SMILES string of the molecule is c1cc(-c2cnc(C3CCNC3)[nH]2)co1. The lowest BCUT2D eigenvalue weighted by molar-refractivity contribution is 0.568. The molecule has 0 spiro atoms. The summed E-state index contributed by atoms with van der Waals surface area (Å²) in [7, 11) is 0. The Morgan fingerprint density at radius 3 is 3.20 bits per heavy atom. The molecule has 3 rings (SSSR count). The van der Waals surface area contributed by atoms with E-state index in [0.717, 1.165) is 30.2 Å². The minimum absolute atomic E-state index is 0.533. The highest BCUT2D eigenvalue weighted by molar-refractivity contribution is 5.56. The molecule has 0 radical (unpaired) electrons. The zero-order valence-corrected chi connectivity index (χ0v) is 8.36. The molecule has 2 aromatic rings. The van der Waals surface area contributed by atoms with Crippen LogP contribution in [0.3, 0.4) is 0 Å². The number of hydrogen-bond donors (Lipinski definition) is 2. The van der Waals surface area contributed by atoms with Gasteiger partial charge in [-0.25, -0.2) is 4.98 Å². The molecule has 1 aliphatic rings. The van der Waals surface area contributed by atoms with Crippen LogP contribution in [0.25, 0.3) is 11.3 Å². The maximum atomic E-state index is 5.04. The number of furan rings is 1. The summed E-state index contributed by atoms with van der Waals surface area (Å²) in [4.78, 5) is 7.76. The highest BCUT2D eigenvalue weighted by atomic mass is 16.3. The van der Waals surface area contributed by atoms with Crippen molar-refractivity contribution in [1.29, 1.82) is 0 Å². The van der Waals surface area contributed by atoms with Crippen LogP contribution in [0, 0.1) is 0 Å². The Hall–Kier alpha value is -1.55. The monoisotopic (exact) mass is 203 g/mol. The van der Waals surface area contributed by atoms with Crippen LogP contribution in [0.4, 0.5) is 0 Å². The van der Waals surface area contributed by atoms with Crippen LogP contribution in [0.5, 0.6) is 0 Å². The van der Waals surface area contributed by atoms with Crippen molar-refractivity contribution in [2.45, 2.75) is 12.3 Å². The second-order valence-corrected chi connectivity index (χ2v) is 3.88. The molecule has 78 valence electrons. The van der Waals surface area contributed by atoms with Gasteiger partial charge in [-0.05, 0) is 19.0 Å². The quantitative estimate of drug-likeness (QED) is 0.781. The Bertz CT molecular complexity index is 426. The van der Waals surface area contributed by atoms with E-state index in [1.54, 1.807) is 12.5 Å². The maximum absolute atomic E-state index is 5.04. The van der Waals surface area contributed by atoms with E-state index in [4.69, 9.17) is 4.42 Å². The van der Waals surface area contributed by atoms with Gasteiger partial charge in [-0.2, -0.15) is 0 Å². The molecule has 3 heterocycles. The van der Waals surface area contributed by atoms with Gasteiger partial charge in [0.25, 0.3) is 0 Å². The molecule has 2 aromatic heterocycles. The first-order valence-corrected chi connectivity index (χ1v) is 5.21. The van der Waals surface area contributed by atoms with Crippen LogP contribution in [-0.2, 0) is 0 Å². The summed E-state index contributed by atoms with van der Waals surface area (Å²) in [6.45, 7) is 2.12. The van der Waals surface area contributed by atoms with E-state index in [1.807, 2.05) is 12.3 Å². The Labute approximate surface area is 87.7 Å². The summed E-state index contributed by atoms with van der Waals surface area (Å²) in [5.41, 5.74) is 2.09. The van der Waals surface area contributed by atoms with E-state index >= 15 is 0 Å². The zero-order chi connectivity index (χ0) is 10.1. The van der Waals surface area contributed by atoms with Crippen molar-refractivity contribution >= 4 is 0 Å². The molecule has 15 heavy (non-hydrogen) atoms. The summed E-state index contributed by atoms with van der Waals surface area (Å²) in [5.74, 6) is 1.61. The van der Waals surface area contributed by atoms with Crippen molar-refractivity contribution in [1.82, 2.24) is 15.3 Å². The van der Waals surface area contributed by atoms with Gasteiger partial charge >= 0.3 is 0 Å². The second kappa shape index (κ2) is 3.55. The van der Waals surface area contributed by atoms with E-state index < -0.39 is 0 Å². The van der Waals surface area contributed by atoms with Crippen molar-refractivity contribution < 1.29 is 4.42 Å². The number of nitrogens with zero attached hydrogens (tertiary/aromatic N) is 1. The van der Waals surface area contributed by atoms with Gasteiger partial charge in [0, 0.05) is 18.0 Å². The summed E-state index contributed by atoms with van der Waals surface area (Å²) in [6, 6.07) is 1.93. The number of H-pyrrole nitrogens is 1. The van der Waals surface area contributed by atoms with Crippen molar-refractivity contribution in [2.24, 2.45) is 0 Å². The van der Waals surface area contributed by atoms with E-state index in [-0.39, 0.29) is 0 Å². The number of aromatic amines is 1. The third-order valence-electron chi connectivity index (χ3n) is 2.87. The Kier molecular flexibility index (Phi) is 2.07. The number of nitrogens with one attached hydrogen (secondary N) is 2. The fraction of sp³-hybridized carbons (Fsp3) is 0.364. The molecule has 1 atom stereocenters. The summed E-state index contributed by atoms with van der Waals surface area (Å²) in [6.07, 6.45) is 6.44.